The second kappa shape index (κ2) is 9.79. The van der Waals surface area contributed by atoms with Crippen LogP contribution in [0.25, 0.3) is 27.7 Å². The summed E-state index contributed by atoms with van der Waals surface area (Å²) in [5, 5.41) is 3.37. The standard InChI is InChI=1S/C27H23F2NO4/c1-16(10-27(31)30-14-21-23(28)8-5-9-24(21)29)19-12-20-22(15-34-26(20)13-25(19)33-3)17-6-4-7-18(11-17)32-2/h4-13,15H,14H2,1-3H3,(H,30,31)/b16-10+. The van der Waals surface area contributed by atoms with E-state index in [0.717, 1.165) is 34.4 Å². The van der Waals surface area contributed by atoms with Crippen LogP contribution in [0.4, 0.5) is 8.78 Å². The number of fused-ring (bicyclic) bond motifs is 1. The van der Waals surface area contributed by atoms with Gasteiger partial charge in [-0.15, -0.1) is 0 Å². The molecule has 0 spiro atoms. The van der Waals surface area contributed by atoms with E-state index in [0.29, 0.717) is 22.5 Å². The molecule has 1 heterocycles. The maximum atomic E-state index is 13.8. The number of amides is 1. The molecule has 0 aliphatic heterocycles. The molecule has 4 rings (SSSR count). The van der Waals surface area contributed by atoms with Crippen LogP contribution in [-0.4, -0.2) is 20.1 Å². The molecule has 0 saturated carbocycles. The molecule has 0 unspecified atom stereocenters. The highest BCUT2D eigenvalue weighted by Gasteiger charge is 2.16. The lowest BCUT2D eigenvalue weighted by Crippen LogP contribution is -2.22. The lowest BCUT2D eigenvalue weighted by atomic mass is 9.99. The van der Waals surface area contributed by atoms with Gasteiger partial charge in [0, 0.05) is 40.8 Å². The van der Waals surface area contributed by atoms with E-state index in [9.17, 15) is 13.6 Å². The van der Waals surface area contributed by atoms with Crippen LogP contribution in [-0.2, 0) is 11.3 Å². The highest BCUT2D eigenvalue weighted by atomic mass is 19.1. The molecular weight excluding hydrogens is 440 g/mol. The van der Waals surface area contributed by atoms with Gasteiger partial charge in [0.05, 0.1) is 20.5 Å². The van der Waals surface area contributed by atoms with Crippen LogP contribution in [0.3, 0.4) is 0 Å². The Morgan fingerprint density at radius 2 is 1.76 bits per heavy atom. The summed E-state index contributed by atoms with van der Waals surface area (Å²) in [6.07, 6.45) is 3.03. The molecule has 0 atom stereocenters. The van der Waals surface area contributed by atoms with Crippen molar-refractivity contribution in [2.45, 2.75) is 13.5 Å². The van der Waals surface area contributed by atoms with E-state index >= 15 is 0 Å². The summed E-state index contributed by atoms with van der Waals surface area (Å²) in [4.78, 5) is 12.5. The Morgan fingerprint density at radius 3 is 2.47 bits per heavy atom. The van der Waals surface area contributed by atoms with Gasteiger partial charge in [0.1, 0.15) is 28.7 Å². The summed E-state index contributed by atoms with van der Waals surface area (Å²) >= 11 is 0. The molecule has 0 aliphatic rings. The molecule has 1 amide bonds. The van der Waals surface area contributed by atoms with E-state index in [1.54, 1.807) is 26.4 Å². The Hall–Kier alpha value is -4.13. The van der Waals surface area contributed by atoms with Gasteiger partial charge in [0.25, 0.3) is 0 Å². The molecule has 5 nitrogen and oxygen atoms in total. The zero-order valence-electron chi connectivity index (χ0n) is 18.9. The molecule has 0 aliphatic carbocycles. The molecule has 174 valence electrons. The highest BCUT2D eigenvalue weighted by Crippen LogP contribution is 2.38. The van der Waals surface area contributed by atoms with Crippen molar-refractivity contribution in [3.8, 4) is 22.6 Å². The number of halogens is 2. The first kappa shape index (κ1) is 23.0. The maximum absolute atomic E-state index is 13.8. The van der Waals surface area contributed by atoms with Gasteiger partial charge in [0.2, 0.25) is 5.91 Å². The largest absolute Gasteiger partial charge is 0.497 e. The molecule has 0 saturated heterocycles. The average Bonchev–Trinajstić information content (AvgIpc) is 3.25. The Kier molecular flexibility index (Phi) is 6.63. The van der Waals surface area contributed by atoms with Crippen LogP contribution in [0.15, 0.2) is 71.4 Å². The van der Waals surface area contributed by atoms with Crippen molar-refractivity contribution in [3.63, 3.8) is 0 Å². The third-order valence-electron chi connectivity index (χ3n) is 5.55. The molecule has 0 fully saturated rings. The first-order chi connectivity index (χ1) is 16.4. The van der Waals surface area contributed by atoms with Crippen LogP contribution in [0.2, 0.25) is 0 Å². The van der Waals surface area contributed by atoms with Gasteiger partial charge in [-0.05, 0) is 48.4 Å². The molecule has 7 heteroatoms. The molecule has 0 bridgehead atoms. The van der Waals surface area contributed by atoms with Gasteiger partial charge in [-0.25, -0.2) is 8.78 Å². The Bertz CT molecular complexity index is 1370. The SMILES string of the molecule is COc1cccc(-c2coc3cc(OC)c(/C(C)=C/C(=O)NCc4c(F)cccc4F)cc23)c1. The summed E-state index contributed by atoms with van der Waals surface area (Å²) in [6.45, 7) is 1.50. The Labute approximate surface area is 195 Å². The van der Waals surface area contributed by atoms with Crippen molar-refractivity contribution in [2.75, 3.05) is 14.2 Å². The molecule has 0 radical (unpaired) electrons. The number of ether oxygens (including phenoxy) is 2. The quantitative estimate of drug-likeness (QED) is 0.336. The number of furan rings is 1. The monoisotopic (exact) mass is 463 g/mol. The number of carbonyl (C=O) groups excluding carboxylic acids is 1. The van der Waals surface area contributed by atoms with Crippen LogP contribution >= 0.6 is 0 Å². The van der Waals surface area contributed by atoms with Crippen molar-refractivity contribution in [1.82, 2.24) is 5.32 Å². The fourth-order valence-corrected chi connectivity index (χ4v) is 3.75. The summed E-state index contributed by atoms with van der Waals surface area (Å²) < 4.78 is 44.3. The second-order valence-corrected chi connectivity index (χ2v) is 7.68. The first-order valence-corrected chi connectivity index (χ1v) is 10.5. The normalized spacial score (nSPS) is 11.5. The smallest absolute Gasteiger partial charge is 0.244 e. The third-order valence-corrected chi connectivity index (χ3v) is 5.55. The topological polar surface area (TPSA) is 60.7 Å². The lowest BCUT2D eigenvalue weighted by molar-refractivity contribution is -0.116. The average molecular weight is 463 g/mol. The van der Waals surface area contributed by atoms with Gasteiger partial charge in [-0.1, -0.05) is 18.2 Å². The molecule has 4 aromatic rings. The number of methoxy groups -OCH3 is 2. The zero-order valence-corrected chi connectivity index (χ0v) is 18.9. The fraction of sp³-hybridized carbons (Fsp3) is 0.148. The highest BCUT2D eigenvalue weighted by molar-refractivity contribution is 6.00. The van der Waals surface area contributed by atoms with Gasteiger partial charge in [0.15, 0.2) is 0 Å². The summed E-state index contributed by atoms with van der Waals surface area (Å²) in [6, 6.07) is 14.8. The number of allylic oxidation sites excluding steroid dienone is 1. The fourth-order valence-electron chi connectivity index (χ4n) is 3.75. The molecule has 34 heavy (non-hydrogen) atoms. The number of nitrogens with one attached hydrogen (secondary N) is 1. The van der Waals surface area contributed by atoms with E-state index in [1.807, 2.05) is 30.3 Å². The third kappa shape index (κ3) is 4.64. The summed E-state index contributed by atoms with van der Waals surface area (Å²) in [5.74, 6) is -0.654. The minimum atomic E-state index is -0.710. The van der Waals surface area contributed by atoms with Crippen molar-refractivity contribution < 1.29 is 27.5 Å². The van der Waals surface area contributed by atoms with Crippen molar-refractivity contribution in [1.29, 1.82) is 0 Å². The number of hydrogen-bond acceptors (Lipinski definition) is 4. The van der Waals surface area contributed by atoms with Crippen LogP contribution in [0.1, 0.15) is 18.1 Å². The predicted octanol–water partition coefficient (Wildman–Crippen LogP) is 6.11. The van der Waals surface area contributed by atoms with Gasteiger partial charge in [-0.3, -0.25) is 4.79 Å². The van der Waals surface area contributed by atoms with Gasteiger partial charge >= 0.3 is 0 Å². The molecule has 3 aromatic carbocycles. The Balaban J connectivity index is 1.65. The van der Waals surface area contributed by atoms with Crippen LogP contribution < -0.4 is 14.8 Å². The molecule has 1 aromatic heterocycles. The molecule has 1 N–H and O–H groups in total. The van der Waals surface area contributed by atoms with E-state index in [2.05, 4.69) is 5.32 Å². The number of carbonyl (C=O) groups is 1. The Morgan fingerprint density at radius 1 is 1.03 bits per heavy atom. The number of benzene rings is 3. The summed E-state index contributed by atoms with van der Waals surface area (Å²) in [7, 11) is 3.14. The maximum Gasteiger partial charge on any atom is 0.244 e. The minimum absolute atomic E-state index is 0.192. The van der Waals surface area contributed by atoms with E-state index in [1.165, 1.54) is 19.3 Å². The van der Waals surface area contributed by atoms with E-state index < -0.39 is 17.5 Å². The lowest BCUT2D eigenvalue weighted by Gasteiger charge is -2.11. The predicted molar refractivity (Wildman–Crippen MR) is 127 cm³/mol. The summed E-state index contributed by atoms with van der Waals surface area (Å²) in [5.41, 5.74) is 3.52. The van der Waals surface area contributed by atoms with Crippen LogP contribution in [0, 0.1) is 11.6 Å². The van der Waals surface area contributed by atoms with Gasteiger partial charge in [-0.2, -0.15) is 0 Å². The van der Waals surface area contributed by atoms with Gasteiger partial charge < -0.3 is 19.2 Å². The van der Waals surface area contributed by atoms with Crippen molar-refractivity contribution in [2.24, 2.45) is 0 Å². The van der Waals surface area contributed by atoms with Crippen LogP contribution in [0.5, 0.6) is 11.5 Å². The first-order valence-electron chi connectivity index (χ1n) is 10.5. The van der Waals surface area contributed by atoms with E-state index in [4.69, 9.17) is 13.9 Å². The van der Waals surface area contributed by atoms with E-state index in [-0.39, 0.29) is 12.1 Å². The van der Waals surface area contributed by atoms with Crippen molar-refractivity contribution >= 4 is 22.4 Å². The number of rotatable bonds is 7. The second-order valence-electron chi connectivity index (χ2n) is 7.68. The zero-order chi connectivity index (χ0) is 24.2. The minimum Gasteiger partial charge on any atom is -0.497 e. The molecular formula is C27H23F2NO4. The van der Waals surface area contributed by atoms with Crippen molar-refractivity contribution in [3.05, 3.63) is 89.7 Å². The number of hydrogen-bond donors (Lipinski definition) is 1.